The molecular formula is C21H18BrFN2O2S. The van der Waals surface area contributed by atoms with E-state index in [0.717, 1.165) is 28.6 Å². The molecule has 0 radical (unpaired) electrons. The Bertz CT molecular complexity index is 971. The fraction of sp³-hybridized carbons (Fsp3) is 0.238. The molecule has 1 aromatic heterocycles. The van der Waals surface area contributed by atoms with Crippen LogP contribution in [0.15, 0.2) is 58.4 Å². The molecule has 28 heavy (non-hydrogen) atoms. The third kappa shape index (κ3) is 4.16. The predicted molar refractivity (Wildman–Crippen MR) is 112 cm³/mol. The predicted octanol–water partition coefficient (Wildman–Crippen LogP) is 5.54. The fourth-order valence-corrected chi connectivity index (χ4v) is 4.27. The molecule has 0 unspecified atom stereocenters. The molecule has 0 aliphatic carbocycles. The Morgan fingerprint density at radius 3 is 2.75 bits per heavy atom. The summed E-state index contributed by atoms with van der Waals surface area (Å²) in [5, 5.41) is 2.46. The number of thiazole rings is 1. The molecule has 0 spiro atoms. The quantitative estimate of drug-likeness (QED) is 0.501. The number of carbonyl (C=O) groups is 1. The van der Waals surface area contributed by atoms with E-state index in [-0.39, 0.29) is 11.7 Å². The molecule has 0 bridgehead atoms. The Kier molecular flexibility index (Phi) is 5.85. The Balaban J connectivity index is 1.66. The van der Waals surface area contributed by atoms with Crippen LogP contribution in [0.1, 0.15) is 23.2 Å². The largest absolute Gasteiger partial charge is 0.376 e. The molecule has 1 amide bonds. The summed E-state index contributed by atoms with van der Waals surface area (Å²) < 4.78 is 20.9. The number of rotatable bonds is 5. The van der Waals surface area contributed by atoms with Crippen LogP contribution in [0, 0.1) is 5.82 Å². The van der Waals surface area contributed by atoms with Gasteiger partial charge in [-0.15, -0.1) is 11.3 Å². The third-order valence-electron chi connectivity index (χ3n) is 4.62. The van der Waals surface area contributed by atoms with Gasteiger partial charge >= 0.3 is 0 Å². The van der Waals surface area contributed by atoms with Gasteiger partial charge in [-0.3, -0.25) is 9.69 Å². The van der Waals surface area contributed by atoms with Crippen LogP contribution in [0.2, 0.25) is 0 Å². The van der Waals surface area contributed by atoms with Crippen molar-refractivity contribution in [2.24, 2.45) is 0 Å². The van der Waals surface area contributed by atoms with Crippen LogP contribution >= 0.6 is 27.3 Å². The van der Waals surface area contributed by atoms with Gasteiger partial charge in [-0.25, -0.2) is 9.37 Å². The molecule has 1 atom stereocenters. The maximum Gasteiger partial charge on any atom is 0.263 e. The van der Waals surface area contributed by atoms with Crippen molar-refractivity contribution >= 4 is 38.3 Å². The molecule has 0 N–H and O–H groups in total. The maximum absolute atomic E-state index is 14.2. The van der Waals surface area contributed by atoms with Crippen molar-refractivity contribution in [2.45, 2.75) is 18.9 Å². The molecule has 2 heterocycles. The van der Waals surface area contributed by atoms with Crippen molar-refractivity contribution in [1.82, 2.24) is 4.98 Å². The fourth-order valence-electron chi connectivity index (χ4n) is 3.16. The standard InChI is InChI=1S/C21H18BrFN2O2S/c22-15-9-7-14(8-10-15)19-13-28-21(24-19)25(12-16-4-3-11-27-16)20(26)17-5-1-2-6-18(17)23/h1-2,5-10,13,16H,3-4,11-12H2/t16-/m0/s1. The van der Waals surface area contributed by atoms with Gasteiger partial charge in [0.15, 0.2) is 5.13 Å². The van der Waals surface area contributed by atoms with Crippen LogP contribution in [-0.2, 0) is 4.74 Å². The minimum atomic E-state index is -0.533. The topological polar surface area (TPSA) is 42.4 Å². The van der Waals surface area contributed by atoms with Gasteiger partial charge in [0.05, 0.1) is 23.9 Å². The van der Waals surface area contributed by atoms with Crippen molar-refractivity contribution < 1.29 is 13.9 Å². The second-order valence-electron chi connectivity index (χ2n) is 6.55. The van der Waals surface area contributed by atoms with Gasteiger partial charge in [0.1, 0.15) is 5.82 Å². The van der Waals surface area contributed by atoms with Crippen molar-refractivity contribution in [3.63, 3.8) is 0 Å². The van der Waals surface area contributed by atoms with Crippen LogP contribution in [0.3, 0.4) is 0 Å². The molecular weight excluding hydrogens is 443 g/mol. The lowest BCUT2D eigenvalue weighted by atomic mass is 10.1. The summed E-state index contributed by atoms with van der Waals surface area (Å²) >= 11 is 4.80. The first-order valence-electron chi connectivity index (χ1n) is 9.01. The van der Waals surface area contributed by atoms with Crippen LogP contribution in [0.25, 0.3) is 11.3 Å². The van der Waals surface area contributed by atoms with Gasteiger partial charge in [0.25, 0.3) is 5.91 Å². The highest BCUT2D eigenvalue weighted by atomic mass is 79.9. The van der Waals surface area contributed by atoms with E-state index in [4.69, 9.17) is 4.74 Å². The van der Waals surface area contributed by atoms with Gasteiger partial charge in [-0.05, 0) is 37.1 Å². The van der Waals surface area contributed by atoms with E-state index in [1.807, 2.05) is 29.6 Å². The number of halogens is 2. The van der Waals surface area contributed by atoms with E-state index in [0.29, 0.717) is 18.3 Å². The number of amides is 1. The lowest BCUT2D eigenvalue weighted by Gasteiger charge is -2.23. The molecule has 1 fully saturated rings. The van der Waals surface area contributed by atoms with E-state index in [9.17, 15) is 9.18 Å². The Morgan fingerprint density at radius 2 is 2.04 bits per heavy atom. The third-order valence-corrected chi connectivity index (χ3v) is 6.01. The number of benzene rings is 2. The lowest BCUT2D eigenvalue weighted by molar-refractivity contribution is 0.0914. The van der Waals surface area contributed by atoms with E-state index in [1.165, 1.54) is 23.5 Å². The second kappa shape index (κ2) is 8.51. The highest BCUT2D eigenvalue weighted by molar-refractivity contribution is 9.10. The Morgan fingerprint density at radius 1 is 1.25 bits per heavy atom. The molecule has 1 aliphatic heterocycles. The number of aromatic nitrogens is 1. The highest BCUT2D eigenvalue weighted by Crippen LogP contribution is 2.30. The Labute approximate surface area is 175 Å². The SMILES string of the molecule is O=C(c1ccccc1F)N(C[C@@H]1CCCO1)c1nc(-c2ccc(Br)cc2)cs1. The summed E-state index contributed by atoms with van der Waals surface area (Å²) in [6.45, 7) is 1.05. The maximum atomic E-state index is 14.2. The number of hydrogen-bond donors (Lipinski definition) is 0. The summed E-state index contributed by atoms with van der Waals surface area (Å²) in [7, 11) is 0. The number of nitrogens with zero attached hydrogens (tertiary/aromatic N) is 2. The van der Waals surface area contributed by atoms with Crippen molar-refractivity contribution in [3.8, 4) is 11.3 Å². The highest BCUT2D eigenvalue weighted by Gasteiger charge is 2.28. The van der Waals surface area contributed by atoms with Crippen molar-refractivity contribution in [2.75, 3.05) is 18.1 Å². The number of carbonyl (C=O) groups excluding carboxylic acids is 1. The molecule has 4 rings (SSSR count). The Hall–Kier alpha value is -2.09. The summed E-state index contributed by atoms with van der Waals surface area (Å²) in [6, 6.07) is 13.9. The second-order valence-corrected chi connectivity index (χ2v) is 8.31. The van der Waals surface area contributed by atoms with E-state index >= 15 is 0 Å². The van der Waals surface area contributed by atoms with Crippen LogP contribution in [0.4, 0.5) is 9.52 Å². The first-order chi connectivity index (χ1) is 13.6. The summed E-state index contributed by atoms with van der Waals surface area (Å²) in [5.74, 6) is -0.931. The number of ether oxygens (including phenoxy) is 1. The zero-order chi connectivity index (χ0) is 19.5. The van der Waals surface area contributed by atoms with Crippen molar-refractivity contribution in [1.29, 1.82) is 0 Å². The van der Waals surface area contributed by atoms with Crippen LogP contribution < -0.4 is 4.90 Å². The van der Waals surface area contributed by atoms with Gasteiger partial charge in [0.2, 0.25) is 0 Å². The first kappa shape index (κ1) is 19.2. The first-order valence-corrected chi connectivity index (χ1v) is 10.7. The number of anilines is 1. The molecule has 4 nitrogen and oxygen atoms in total. The zero-order valence-electron chi connectivity index (χ0n) is 15.0. The van der Waals surface area contributed by atoms with Gasteiger partial charge < -0.3 is 4.74 Å². The van der Waals surface area contributed by atoms with Crippen LogP contribution in [0.5, 0.6) is 0 Å². The number of hydrogen-bond acceptors (Lipinski definition) is 4. The zero-order valence-corrected chi connectivity index (χ0v) is 17.4. The smallest absolute Gasteiger partial charge is 0.263 e. The average molecular weight is 461 g/mol. The minimum Gasteiger partial charge on any atom is -0.376 e. The van der Waals surface area contributed by atoms with E-state index in [1.54, 1.807) is 17.0 Å². The monoisotopic (exact) mass is 460 g/mol. The average Bonchev–Trinajstić information content (AvgIpc) is 3.39. The van der Waals surface area contributed by atoms with Crippen molar-refractivity contribution in [3.05, 3.63) is 69.8 Å². The molecule has 1 saturated heterocycles. The van der Waals surface area contributed by atoms with E-state index < -0.39 is 11.7 Å². The molecule has 0 saturated carbocycles. The summed E-state index contributed by atoms with van der Waals surface area (Å²) in [4.78, 5) is 19.3. The minimum absolute atomic E-state index is 0.0425. The van der Waals surface area contributed by atoms with Gasteiger partial charge in [-0.2, -0.15) is 0 Å². The summed E-state index contributed by atoms with van der Waals surface area (Å²) in [6.07, 6.45) is 1.79. The molecule has 1 aliphatic rings. The molecule has 2 aromatic carbocycles. The van der Waals surface area contributed by atoms with Crippen LogP contribution in [-0.4, -0.2) is 30.1 Å². The van der Waals surface area contributed by atoms with Gasteiger partial charge in [-0.1, -0.05) is 40.2 Å². The normalized spacial score (nSPS) is 16.3. The molecule has 3 aromatic rings. The lowest BCUT2D eigenvalue weighted by Crippen LogP contribution is -2.38. The van der Waals surface area contributed by atoms with Gasteiger partial charge in [0, 0.05) is 22.0 Å². The molecule has 7 heteroatoms. The van der Waals surface area contributed by atoms with E-state index in [2.05, 4.69) is 20.9 Å². The summed E-state index contributed by atoms with van der Waals surface area (Å²) in [5.41, 5.74) is 1.79. The molecule has 144 valence electrons.